The highest BCUT2D eigenvalue weighted by atomic mass is 16.5. The molecule has 21 heavy (non-hydrogen) atoms. The van der Waals surface area contributed by atoms with Crippen LogP contribution in [-0.4, -0.2) is 30.2 Å². The van der Waals surface area contributed by atoms with E-state index in [-0.39, 0.29) is 11.6 Å². The summed E-state index contributed by atoms with van der Waals surface area (Å²) in [6.07, 6.45) is 0.751. The smallest absolute Gasteiger partial charge is 0.338 e. The fourth-order valence-electron chi connectivity index (χ4n) is 2.12. The summed E-state index contributed by atoms with van der Waals surface area (Å²) in [5.41, 5.74) is 1.49. The molecular formula is C16H17NO4. The third kappa shape index (κ3) is 3.37. The lowest BCUT2D eigenvalue weighted by Crippen LogP contribution is -2.41. The van der Waals surface area contributed by atoms with E-state index in [9.17, 15) is 14.4 Å². The summed E-state index contributed by atoms with van der Waals surface area (Å²) in [6, 6.07) is 5.59. The lowest BCUT2D eigenvalue weighted by atomic mass is 9.89. The number of Topliss-reactive ketones (excluding diaryl/α,β-unsaturated/α-hetero) is 2. The minimum absolute atomic E-state index is 0.137. The molecular weight excluding hydrogens is 270 g/mol. The van der Waals surface area contributed by atoms with Crippen molar-refractivity contribution in [3.05, 3.63) is 42.0 Å². The van der Waals surface area contributed by atoms with Gasteiger partial charge in [0.1, 0.15) is 6.04 Å². The van der Waals surface area contributed by atoms with Crippen LogP contribution in [0.3, 0.4) is 0 Å². The highest BCUT2D eigenvalue weighted by molar-refractivity contribution is 6.17. The maximum absolute atomic E-state index is 11.9. The summed E-state index contributed by atoms with van der Waals surface area (Å²) in [5.74, 6) is -0.801. The van der Waals surface area contributed by atoms with E-state index in [2.05, 4.69) is 11.9 Å². The van der Waals surface area contributed by atoms with Crippen molar-refractivity contribution in [3.63, 3.8) is 0 Å². The topological polar surface area (TPSA) is 72.5 Å². The van der Waals surface area contributed by atoms with Gasteiger partial charge in [0, 0.05) is 12.1 Å². The molecule has 1 fully saturated rings. The van der Waals surface area contributed by atoms with E-state index >= 15 is 0 Å². The fourth-order valence-corrected chi connectivity index (χ4v) is 2.12. The van der Waals surface area contributed by atoms with Crippen LogP contribution in [0.15, 0.2) is 36.4 Å². The van der Waals surface area contributed by atoms with Crippen molar-refractivity contribution in [2.75, 3.05) is 11.9 Å². The minimum atomic E-state index is -0.875. The summed E-state index contributed by atoms with van der Waals surface area (Å²) in [5, 5.41) is 2.90. The zero-order chi connectivity index (χ0) is 15.4. The number of nitrogens with one attached hydrogen (secondary N) is 1. The van der Waals surface area contributed by atoms with Gasteiger partial charge in [0.15, 0.2) is 11.6 Å². The van der Waals surface area contributed by atoms with Crippen LogP contribution in [0, 0.1) is 0 Å². The molecule has 0 spiro atoms. The third-order valence-electron chi connectivity index (χ3n) is 3.31. The van der Waals surface area contributed by atoms with Crippen LogP contribution < -0.4 is 5.32 Å². The molecule has 1 aromatic carbocycles. The third-order valence-corrected chi connectivity index (χ3v) is 3.31. The molecule has 1 unspecified atom stereocenters. The van der Waals surface area contributed by atoms with Crippen molar-refractivity contribution in [1.29, 1.82) is 0 Å². The summed E-state index contributed by atoms with van der Waals surface area (Å²) in [4.78, 5) is 35.3. The number of carbonyl (C=O) groups is 3. The van der Waals surface area contributed by atoms with Crippen LogP contribution in [0.4, 0.5) is 5.69 Å². The predicted molar refractivity (Wildman–Crippen MR) is 78.2 cm³/mol. The number of rotatable bonds is 4. The van der Waals surface area contributed by atoms with Crippen molar-refractivity contribution in [3.8, 4) is 0 Å². The first-order chi connectivity index (χ1) is 10.0. The van der Waals surface area contributed by atoms with Gasteiger partial charge < -0.3 is 10.1 Å². The fraction of sp³-hybridized carbons (Fsp3) is 0.312. The molecule has 2 rings (SSSR count). The molecule has 5 nitrogen and oxygen atoms in total. The Kier molecular flexibility index (Phi) is 4.52. The van der Waals surface area contributed by atoms with Gasteiger partial charge in [0.25, 0.3) is 0 Å². The molecule has 1 saturated carbocycles. The molecule has 0 aliphatic heterocycles. The van der Waals surface area contributed by atoms with E-state index in [1.807, 2.05) is 0 Å². The molecule has 0 bridgehead atoms. The number of carbonyl (C=O) groups excluding carboxylic acids is 3. The zero-order valence-corrected chi connectivity index (χ0v) is 11.8. The molecule has 0 heterocycles. The minimum Gasteiger partial charge on any atom is -0.462 e. The molecule has 0 saturated heterocycles. The number of hydrogen-bond donors (Lipinski definition) is 1. The number of ether oxygens (including phenoxy) is 1. The number of esters is 1. The summed E-state index contributed by atoms with van der Waals surface area (Å²) in [7, 11) is 0. The van der Waals surface area contributed by atoms with Gasteiger partial charge in [-0.05, 0) is 43.2 Å². The number of ketones is 2. The lowest BCUT2D eigenvalue weighted by Gasteiger charge is -2.23. The van der Waals surface area contributed by atoms with E-state index in [1.54, 1.807) is 31.2 Å². The van der Waals surface area contributed by atoms with E-state index in [0.717, 1.165) is 0 Å². The van der Waals surface area contributed by atoms with Gasteiger partial charge in [0.05, 0.1) is 12.2 Å². The quantitative estimate of drug-likeness (QED) is 0.522. The average Bonchev–Trinajstić information content (AvgIpc) is 2.48. The SMILES string of the molecule is C=C1CCC(=O)C(Nc2ccc(C(=O)OCC)cc2)C1=O. The molecule has 1 aromatic rings. The molecule has 5 heteroatoms. The Labute approximate surface area is 123 Å². The Balaban J connectivity index is 2.09. The van der Waals surface area contributed by atoms with Crippen LogP contribution in [0.5, 0.6) is 0 Å². The first-order valence-corrected chi connectivity index (χ1v) is 6.81. The van der Waals surface area contributed by atoms with Gasteiger partial charge >= 0.3 is 5.97 Å². The Morgan fingerprint density at radius 1 is 1.29 bits per heavy atom. The van der Waals surface area contributed by atoms with Crippen LogP contribution >= 0.6 is 0 Å². The maximum Gasteiger partial charge on any atom is 0.338 e. The predicted octanol–water partition coefficient (Wildman–Crippen LogP) is 2.13. The summed E-state index contributed by atoms with van der Waals surface area (Å²) < 4.78 is 4.89. The van der Waals surface area contributed by atoms with Gasteiger partial charge in [-0.3, -0.25) is 9.59 Å². The van der Waals surface area contributed by atoms with Crippen molar-refractivity contribution < 1.29 is 19.1 Å². The van der Waals surface area contributed by atoms with E-state index < -0.39 is 12.0 Å². The second kappa shape index (κ2) is 6.35. The maximum atomic E-state index is 11.9. The normalized spacial score (nSPS) is 18.5. The van der Waals surface area contributed by atoms with E-state index in [1.165, 1.54) is 0 Å². The van der Waals surface area contributed by atoms with Gasteiger partial charge in [-0.25, -0.2) is 4.79 Å². The zero-order valence-electron chi connectivity index (χ0n) is 11.8. The molecule has 110 valence electrons. The first kappa shape index (κ1) is 15.0. The molecule has 1 aliphatic rings. The standard InChI is InChI=1S/C16H17NO4/c1-3-21-16(20)11-5-7-12(8-6-11)17-14-13(18)9-4-10(2)15(14)19/h5-8,14,17H,2-4,9H2,1H3. The van der Waals surface area contributed by atoms with Crippen LogP contribution in [0.2, 0.25) is 0 Å². The molecule has 1 N–H and O–H groups in total. The van der Waals surface area contributed by atoms with Crippen molar-refractivity contribution in [2.45, 2.75) is 25.8 Å². The van der Waals surface area contributed by atoms with Crippen molar-refractivity contribution in [2.24, 2.45) is 0 Å². The largest absolute Gasteiger partial charge is 0.462 e. The molecule has 0 amide bonds. The monoisotopic (exact) mass is 287 g/mol. The van der Waals surface area contributed by atoms with Crippen molar-refractivity contribution >= 4 is 23.2 Å². The van der Waals surface area contributed by atoms with Crippen LogP contribution in [-0.2, 0) is 14.3 Å². The van der Waals surface area contributed by atoms with Gasteiger partial charge in [-0.2, -0.15) is 0 Å². The summed E-state index contributed by atoms with van der Waals surface area (Å²) in [6.45, 7) is 5.72. The molecule has 0 aromatic heterocycles. The number of anilines is 1. The number of hydrogen-bond acceptors (Lipinski definition) is 5. The van der Waals surface area contributed by atoms with Gasteiger partial charge in [0.2, 0.25) is 0 Å². The summed E-state index contributed by atoms with van der Waals surface area (Å²) >= 11 is 0. The molecule has 1 aliphatic carbocycles. The van der Waals surface area contributed by atoms with Gasteiger partial charge in [-0.15, -0.1) is 0 Å². The highest BCUT2D eigenvalue weighted by Crippen LogP contribution is 2.20. The van der Waals surface area contributed by atoms with Crippen molar-refractivity contribution in [1.82, 2.24) is 0 Å². The second-order valence-corrected chi connectivity index (χ2v) is 4.81. The molecule has 0 radical (unpaired) electrons. The van der Waals surface area contributed by atoms with Crippen LogP contribution in [0.1, 0.15) is 30.1 Å². The Morgan fingerprint density at radius 2 is 1.95 bits per heavy atom. The highest BCUT2D eigenvalue weighted by Gasteiger charge is 2.32. The Bertz CT molecular complexity index is 589. The van der Waals surface area contributed by atoms with Gasteiger partial charge in [-0.1, -0.05) is 6.58 Å². The number of benzene rings is 1. The first-order valence-electron chi connectivity index (χ1n) is 6.81. The lowest BCUT2D eigenvalue weighted by molar-refractivity contribution is -0.128. The second-order valence-electron chi connectivity index (χ2n) is 4.81. The average molecular weight is 287 g/mol. The molecule has 1 atom stereocenters. The van der Waals surface area contributed by atoms with E-state index in [0.29, 0.717) is 36.3 Å². The van der Waals surface area contributed by atoms with Crippen LogP contribution in [0.25, 0.3) is 0 Å². The Morgan fingerprint density at radius 3 is 2.57 bits per heavy atom. The Hall–Kier alpha value is -2.43. The van der Waals surface area contributed by atoms with E-state index in [4.69, 9.17) is 4.74 Å².